The lowest BCUT2D eigenvalue weighted by atomic mass is 10.1. The predicted octanol–water partition coefficient (Wildman–Crippen LogP) is 4.43. The average molecular weight is 466 g/mol. The van der Waals surface area contributed by atoms with Gasteiger partial charge in [-0.1, -0.05) is 12.1 Å². The van der Waals surface area contributed by atoms with Crippen LogP contribution in [0.4, 0.5) is 22.7 Å². The number of aliphatic imine (C=N–C) groups is 2. The lowest BCUT2D eigenvalue weighted by Gasteiger charge is -2.06. The van der Waals surface area contributed by atoms with Gasteiger partial charge in [-0.3, -0.25) is 30.2 Å². The predicted molar refractivity (Wildman–Crippen MR) is 124 cm³/mol. The molecule has 0 unspecified atom stereocenters. The Kier molecular flexibility index (Phi) is 7.01. The van der Waals surface area contributed by atoms with Gasteiger partial charge in [0.2, 0.25) is 11.5 Å². The second-order valence-electron chi connectivity index (χ2n) is 6.69. The van der Waals surface area contributed by atoms with Crippen LogP contribution < -0.4 is 9.47 Å². The Morgan fingerprint density at radius 3 is 1.47 bits per heavy atom. The highest BCUT2D eigenvalue weighted by Gasteiger charge is 2.20. The number of rotatable bonds is 8. The summed E-state index contributed by atoms with van der Waals surface area (Å²) in [5.74, 6) is -0.840. The number of hydrogen-bond acceptors (Lipinski definition) is 10. The molecule has 2 N–H and O–H groups in total. The van der Waals surface area contributed by atoms with E-state index >= 15 is 0 Å². The minimum atomic E-state index is -0.743. The second-order valence-corrected chi connectivity index (χ2v) is 6.69. The van der Waals surface area contributed by atoms with Gasteiger partial charge in [-0.05, 0) is 24.3 Å². The first-order valence-corrected chi connectivity index (χ1v) is 9.53. The number of nitro groups is 2. The van der Waals surface area contributed by atoms with E-state index in [2.05, 4.69) is 9.98 Å². The number of nitrogens with zero attached hydrogens (tertiary/aromatic N) is 4. The summed E-state index contributed by atoms with van der Waals surface area (Å²) < 4.78 is 10.1. The third-order valence-corrected chi connectivity index (χ3v) is 4.62. The van der Waals surface area contributed by atoms with Gasteiger partial charge in [0.25, 0.3) is 0 Å². The third-order valence-electron chi connectivity index (χ3n) is 4.62. The molecule has 12 heteroatoms. The van der Waals surface area contributed by atoms with Gasteiger partial charge in [0.15, 0.2) is 0 Å². The van der Waals surface area contributed by atoms with Crippen molar-refractivity contribution in [2.24, 2.45) is 9.98 Å². The Balaban J connectivity index is 2.00. The maximum absolute atomic E-state index is 11.2. The zero-order valence-corrected chi connectivity index (χ0v) is 17.9. The Morgan fingerprint density at radius 1 is 0.765 bits per heavy atom. The highest BCUT2D eigenvalue weighted by molar-refractivity contribution is 5.91. The van der Waals surface area contributed by atoms with Gasteiger partial charge in [-0.15, -0.1) is 0 Å². The van der Waals surface area contributed by atoms with E-state index in [4.69, 9.17) is 9.47 Å². The molecule has 0 saturated heterocycles. The SMILES string of the molecule is COc1cc(C=Nc2ccccc2N=Cc2cc(OC)cc([N+](=O)[O-])c2O)c(O)c([N+](=O)[O-])c1. The number of aromatic hydroxyl groups is 2. The van der Waals surface area contributed by atoms with E-state index in [0.717, 1.165) is 12.1 Å². The van der Waals surface area contributed by atoms with Gasteiger partial charge in [-0.2, -0.15) is 0 Å². The standard InChI is InChI=1S/C22H18N4O8/c1-33-15-7-13(21(27)19(9-15)25(29)30)11-23-17-5-3-4-6-18(17)24-12-14-8-16(34-2)10-20(22(14)28)26(31)32/h3-12,27-28H,1-2H3. The highest BCUT2D eigenvalue weighted by atomic mass is 16.6. The maximum atomic E-state index is 11.2. The molecule has 0 radical (unpaired) electrons. The van der Waals surface area contributed by atoms with E-state index in [1.54, 1.807) is 24.3 Å². The Bertz CT molecular complexity index is 1220. The largest absolute Gasteiger partial charge is 0.502 e. The summed E-state index contributed by atoms with van der Waals surface area (Å²) in [6, 6.07) is 11.5. The quantitative estimate of drug-likeness (QED) is 0.279. The van der Waals surface area contributed by atoms with Crippen molar-refractivity contribution in [3.05, 3.63) is 79.9 Å². The van der Waals surface area contributed by atoms with E-state index in [1.165, 1.54) is 38.8 Å². The maximum Gasteiger partial charge on any atom is 0.315 e. The monoisotopic (exact) mass is 466 g/mol. The summed E-state index contributed by atoms with van der Waals surface area (Å²) in [5.41, 5.74) is -0.345. The molecule has 0 aliphatic rings. The normalized spacial score (nSPS) is 11.1. The van der Waals surface area contributed by atoms with Crippen LogP contribution in [0.15, 0.2) is 58.5 Å². The first-order valence-electron chi connectivity index (χ1n) is 9.53. The lowest BCUT2D eigenvalue weighted by molar-refractivity contribution is -0.386. The van der Waals surface area contributed by atoms with Crippen LogP contribution in [-0.4, -0.2) is 46.7 Å². The van der Waals surface area contributed by atoms with Crippen LogP contribution in [0.5, 0.6) is 23.0 Å². The van der Waals surface area contributed by atoms with Crippen LogP contribution in [0.1, 0.15) is 11.1 Å². The van der Waals surface area contributed by atoms with Crippen LogP contribution in [-0.2, 0) is 0 Å². The van der Waals surface area contributed by atoms with Gasteiger partial charge in [0.05, 0.1) is 47.6 Å². The fraction of sp³-hybridized carbons (Fsp3) is 0.0909. The molecule has 0 aliphatic heterocycles. The zero-order valence-electron chi connectivity index (χ0n) is 17.9. The first kappa shape index (κ1) is 23.7. The summed E-state index contributed by atoms with van der Waals surface area (Å²) in [4.78, 5) is 29.4. The van der Waals surface area contributed by atoms with Gasteiger partial charge in [-0.25, -0.2) is 0 Å². The van der Waals surface area contributed by atoms with Crippen molar-refractivity contribution in [2.45, 2.75) is 0 Å². The Labute approximate surface area is 192 Å². The van der Waals surface area contributed by atoms with E-state index in [0.29, 0.717) is 11.4 Å². The van der Waals surface area contributed by atoms with Gasteiger partial charge < -0.3 is 19.7 Å². The third kappa shape index (κ3) is 5.07. The van der Waals surface area contributed by atoms with Crippen molar-refractivity contribution in [3.8, 4) is 23.0 Å². The summed E-state index contributed by atoms with van der Waals surface area (Å²) in [6.45, 7) is 0. The molecular formula is C22H18N4O8. The Hall–Kier alpha value is -5.00. The smallest absolute Gasteiger partial charge is 0.315 e. The molecule has 174 valence electrons. The molecule has 0 heterocycles. The zero-order chi connectivity index (χ0) is 24.8. The molecule has 0 fully saturated rings. The van der Waals surface area contributed by atoms with Crippen LogP contribution in [0, 0.1) is 20.2 Å². The van der Waals surface area contributed by atoms with Crippen LogP contribution >= 0.6 is 0 Å². The molecule has 0 aliphatic carbocycles. The summed E-state index contributed by atoms with van der Waals surface area (Å²) in [6.07, 6.45) is 2.43. The molecule has 0 spiro atoms. The average Bonchev–Trinajstić information content (AvgIpc) is 2.82. The number of hydrogen-bond donors (Lipinski definition) is 2. The summed E-state index contributed by atoms with van der Waals surface area (Å²) >= 11 is 0. The van der Waals surface area contributed by atoms with Crippen LogP contribution in [0.2, 0.25) is 0 Å². The van der Waals surface area contributed by atoms with Crippen LogP contribution in [0.25, 0.3) is 0 Å². The van der Waals surface area contributed by atoms with Gasteiger partial charge in [0, 0.05) is 23.6 Å². The van der Waals surface area contributed by atoms with Gasteiger partial charge in [0.1, 0.15) is 11.5 Å². The fourth-order valence-corrected chi connectivity index (χ4v) is 2.90. The van der Waals surface area contributed by atoms with Crippen molar-refractivity contribution in [3.63, 3.8) is 0 Å². The number of para-hydroxylation sites is 2. The topological polar surface area (TPSA) is 170 Å². The minimum absolute atomic E-state index is 0.0471. The number of nitro benzene ring substituents is 2. The summed E-state index contributed by atoms with van der Waals surface area (Å²) in [5, 5.41) is 42.8. The van der Waals surface area contributed by atoms with Crippen molar-refractivity contribution < 1.29 is 29.5 Å². The van der Waals surface area contributed by atoms with Crippen molar-refractivity contribution >= 4 is 35.2 Å². The van der Waals surface area contributed by atoms with Crippen molar-refractivity contribution in [2.75, 3.05) is 14.2 Å². The number of methoxy groups -OCH3 is 2. The highest BCUT2D eigenvalue weighted by Crippen LogP contribution is 2.36. The Morgan fingerprint density at radius 2 is 1.15 bits per heavy atom. The molecule has 3 rings (SSSR count). The van der Waals surface area contributed by atoms with E-state index in [1.807, 2.05) is 0 Å². The van der Waals surface area contributed by atoms with Crippen LogP contribution in [0.3, 0.4) is 0 Å². The molecule has 0 saturated carbocycles. The number of ether oxygens (including phenoxy) is 2. The molecule has 3 aromatic carbocycles. The molecule has 0 atom stereocenters. The van der Waals surface area contributed by atoms with E-state index in [-0.39, 0.29) is 22.6 Å². The summed E-state index contributed by atoms with van der Waals surface area (Å²) in [7, 11) is 2.67. The number of benzene rings is 3. The minimum Gasteiger partial charge on any atom is -0.502 e. The number of phenolic OH excluding ortho intramolecular Hbond substituents is 2. The molecule has 0 aromatic heterocycles. The second kappa shape index (κ2) is 10.1. The molecular weight excluding hydrogens is 448 g/mol. The van der Waals surface area contributed by atoms with E-state index in [9.17, 15) is 30.4 Å². The molecule has 0 bridgehead atoms. The lowest BCUT2D eigenvalue weighted by Crippen LogP contribution is -1.95. The first-order chi connectivity index (χ1) is 16.2. The van der Waals surface area contributed by atoms with Crippen molar-refractivity contribution in [1.82, 2.24) is 0 Å². The molecule has 34 heavy (non-hydrogen) atoms. The number of phenols is 2. The van der Waals surface area contributed by atoms with E-state index < -0.39 is 32.7 Å². The van der Waals surface area contributed by atoms with Gasteiger partial charge >= 0.3 is 11.4 Å². The molecule has 3 aromatic rings. The fourth-order valence-electron chi connectivity index (χ4n) is 2.90. The molecule has 0 amide bonds. The van der Waals surface area contributed by atoms with Crippen molar-refractivity contribution in [1.29, 1.82) is 0 Å². The molecule has 12 nitrogen and oxygen atoms in total.